The highest BCUT2D eigenvalue weighted by Crippen LogP contribution is 2.17. The van der Waals surface area contributed by atoms with Crippen LogP contribution in [0.3, 0.4) is 0 Å². The van der Waals surface area contributed by atoms with Gasteiger partial charge in [0.25, 0.3) is 5.56 Å². The zero-order chi connectivity index (χ0) is 20.6. The Morgan fingerprint density at radius 2 is 1.93 bits per heavy atom. The van der Waals surface area contributed by atoms with Gasteiger partial charge in [0.2, 0.25) is 0 Å². The zero-order valence-electron chi connectivity index (χ0n) is 16.8. The van der Waals surface area contributed by atoms with Crippen LogP contribution in [0.4, 0.5) is 5.69 Å². The van der Waals surface area contributed by atoms with Crippen LogP contribution < -0.4 is 15.6 Å². The van der Waals surface area contributed by atoms with Crippen LogP contribution in [0.2, 0.25) is 0 Å². The highest BCUT2D eigenvalue weighted by molar-refractivity contribution is 7.80. The lowest BCUT2D eigenvalue weighted by Gasteiger charge is -2.25. The van der Waals surface area contributed by atoms with E-state index in [4.69, 9.17) is 17.0 Å². The average molecular weight is 411 g/mol. The van der Waals surface area contributed by atoms with Crippen LogP contribution in [-0.2, 0) is 6.54 Å². The molecule has 3 aromatic rings. The van der Waals surface area contributed by atoms with Gasteiger partial charge in [-0.1, -0.05) is 25.5 Å². The van der Waals surface area contributed by atoms with Crippen molar-refractivity contribution in [3.8, 4) is 5.75 Å². The number of thiocarbonyl (C=S) groups is 1. The number of nitrogens with zero attached hydrogens (tertiary/aromatic N) is 2. The minimum atomic E-state index is -0.133. The molecule has 0 radical (unpaired) electrons. The molecule has 2 N–H and O–H groups in total. The van der Waals surface area contributed by atoms with Crippen molar-refractivity contribution in [2.24, 2.45) is 0 Å². The number of nitrogens with one attached hydrogen (secondary N) is 2. The molecule has 29 heavy (non-hydrogen) atoms. The standard InChI is InChI=1S/C22H26N4O2S/c1-3-5-14-26(22(29)23-16-10-12-17(13-11-16)28-4-2)15-20-24-19-9-7-6-8-18(19)21(27)25-20/h6-13H,3-5,14-15H2,1-2H3,(H,23,29)(H,24,25,27). The maximum atomic E-state index is 12.4. The highest BCUT2D eigenvalue weighted by Gasteiger charge is 2.13. The third-order valence-corrected chi connectivity index (χ3v) is 4.85. The van der Waals surface area contributed by atoms with Gasteiger partial charge in [0.1, 0.15) is 11.6 Å². The van der Waals surface area contributed by atoms with Crippen LogP contribution >= 0.6 is 12.2 Å². The number of unbranched alkanes of at least 4 members (excludes halogenated alkanes) is 1. The second-order valence-electron chi connectivity index (χ2n) is 6.69. The van der Waals surface area contributed by atoms with Crippen LogP contribution in [0.5, 0.6) is 5.75 Å². The quantitative estimate of drug-likeness (QED) is 0.539. The summed E-state index contributed by atoms with van der Waals surface area (Å²) in [7, 11) is 0. The molecule has 0 bridgehead atoms. The van der Waals surface area contributed by atoms with E-state index in [9.17, 15) is 4.79 Å². The maximum absolute atomic E-state index is 12.4. The van der Waals surface area contributed by atoms with Crippen LogP contribution in [0, 0.1) is 0 Å². The van der Waals surface area contributed by atoms with Gasteiger partial charge in [-0.3, -0.25) is 4.79 Å². The van der Waals surface area contributed by atoms with E-state index in [1.807, 2.05) is 54.3 Å². The minimum absolute atomic E-state index is 0.133. The van der Waals surface area contributed by atoms with E-state index >= 15 is 0 Å². The molecule has 152 valence electrons. The summed E-state index contributed by atoms with van der Waals surface area (Å²) in [6, 6.07) is 15.0. The summed E-state index contributed by atoms with van der Waals surface area (Å²) >= 11 is 5.65. The molecule has 0 saturated carbocycles. The molecule has 1 aromatic heterocycles. The van der Waals surface area contributed by atoms with Crippen LogP contribution in [-0.4, -0.2) is 33.1 Å². The first-order valence-electron chi connectivity index (χ1n) is 9.87. The fraction of sp³-hybridized carbons (Fsp3) is 0.318. The highest BCUT2D eigenvalue weighted by atomic mass is 32.1. The Morgan fingerprint density at radius 3 is 2.66 bits per heavy atom. The number of hydrogen-bond acceptors (Lipinski definition) is 4. The maximum Gasteiger partial charge on any atom is 0.258 e. The second-order valence-corrected chi connectivity index (χ2v) is 7.08. The van der Waals surface area contributed by atoms with Gasteiger partial charge in [0.15, 0.2) is 5.11 Å². The lowest BCUT2D eigenvalue weighted by molar-refractivity contribution is 0.340. The molecule has 0 fully saturated rings. The monoisotopic (exact) mass is 410 g/mol. The number of aromatic amines is 1. The summed E-state index contributed by atoms with van der Waals surface area (Å²) in [6.07, 6.45) is 2.03. The van der Waals surface area contributed by atoms with E-state index in [1.54, 1.807) is 6.07 Å². The summed E-state index contributed by atoms with van der Waals surface area (Å²) in [5, 5.41) is 4.46. The molecule has 0 aliphatic carbocycles. The smallest absolute Gasteiger partial charge is 0.258 e. The number of ether oxygens (including phenoxy) is 1. The van der Waals surface area contributed by atoms with Gasteiger partial charge in [-0.15, -0.1) is 0 Å². The van der Waals surface area contributed by atoms with Crippen molar-refractivity contribution in [2.75, 3.05) is 18.5 Å². The van der Waals surface area contributed by atoms with Gasteiger partial charge < -0.3 is 19.9 Å². The SMILES string of the molecule is CCCCN(Cc1nc2ccccc2c(=O)[nH]1)C(=S)Nc1ccc(OCC)cc1. The van der Waals surface area contributed by atoms with E-state index in [2.05, 4.69) is 22.2 Å². The summed E-state index contributed by atoms with van der Waals surface area (Å²) in [4.78, 5) is 21.9. The fourth-order valence-electron chi connectivity index (χ4n) is 3.00. The van der Waals surface area contributed by atoms with Gasteiger partial charge in [-0.05, 0) is 62.0 Å². The van der Waals surface area contributed by atoms with Gasteiger partial charge >= 0.3 is 0 Å². The Labute approximate surface area is 175 Å². The van der Waals surface area contributed by atoms with Crippen molar-refractivity contribution in [1.82, 2.24) is 14.9 Å². The molecule has 0 spiro atoms. The molecule has 6 nitrogen and oxygen atoms in total. The van der Waals surface area contributed by atoms with Gasteiger partial charge in [-0.25, -0.2) is 4.98 Å². The summed E-state index contributed by atoms with van der Waals surface area (Å²) in [5.41, 5.74) is 1.44. The van der Waals surface area contributed by atoms with Crippen LogP contribution in [0.15, 0.2) is 53.3 Å². The van der Waals surface area contributed by atoms with Gasteiger partial charge in [0, 0.05) is 12.2 Å². The Hall–Kier alpha value is -2.93. The molecule has 2 aromatic carbocycles. The largest absolute Gasteiger partial charge is 0.494 e. The molecule has 0 aliphatic rings. The third kappa shape index (κ3) is 5.54. The van der Waals surface area contributed by atoms with Gasteiger partial charge in [0.05, 0.1) is 24.1 Å². The molecule has 0 atom stereocenters. The molecular weight excluding hydrogens is 384 g/mol. The first-order valence-corrected chi connectivity index (χ1v) is 10.3. The predicted octanol–water partition coefficient (Wildman–Crippen LogP) is 4.32. The van der Waals surface area contributed by atoms with Crippen LogP contribution in [0.1, 0.15) is 32.5 Å². The Bertz CT molecular complexity index is 1020. The molecule has 0 aliphatic heterocycles. The van der Waals surface area contributed by atoms with E-state index in [0.717, 1.165) is 30.8 Å². The van der Waals surface area contributed by atoms with E-state index in [1.165, 1.54) is 0 Å². The minimum Gasteiger partial charge on any atom is -0.494 e. The number of H-pyrrole nitrogens is 1. The number of hydrogen-bond donors (Lipinski definition) is 2. The van der Waals surface area contributed by atoms with Crippen molar-refractivity contribution in [2.45, 2.75) is 33.2 Å². The third-order valence-electron chi connectivity index (χ3n) is 4.49. The molecule has 0 unspecified atom stereocenters. The molecular formula is C22H26N4O2S. The predicted molar refractivity (Wildman–Crippen MR) is 122 cm³/mol. The molecule has 0 saturated heterocycles. The van der Waals surface area contributed by atoms with E-state index < -0.39 is 0 Å². The number of benzene rings is 2. The normalized spacial score (nSPS) is 10.7. The van der Waals surface area contributed by atoms with Crippen molar-refractivity contribution in [1.29, 1.82) is 0 Å². The topological polar surface area (TPSA) is 70.2 Å². The lowest BCUT2D eigenvalue weighted by atomic mass is 10.2. The van der Waals surface area contributed by atoms with Crippen molar-refractivity contribution >= 4 is 33.9 Å². The molecule has 1 heterocycles. The second kappa shape index (κ2) is 10.0. The molecule has 0 amide bonds. The van der Waals surface area contributed by atoms with E-state index in [-0.39, 0.29) is 5.56 Å². The van der Waals surface area contributed by atoms with Crippen molar-refractivity contribution in [3.05, 3.63) is 64.7 Å². The number of rotatable bonds is 8. The van der Waals surface area contributed by atoms with Crippen molar-refractivity contribution in [3.63, 3.8) is 0 Å². The Balaban J connectivity index is 1.76. The summed E-state index contributed by atoms with van der Waals surface area (Å²) in [5.74, 6) is 1.42. The number of aromatic nitrogens is 2. The first-order chi connectivity index (χ1) is 14.1. The number of para-hydroxylation sites is 1. The van der Waals surface area contributed by atoms with Crippen LogP contribution in [0.25, 0.3) is 10.9 Å². The number of fused-ring (bicyclic) bond motifs is 1. The molecule has 3 rings (SSSR count). The summed E-state index contributed by atoms with van der Waals surface area (Å²) in [6.45, 7) is 5.93. The van der Waals surface area contributed by atoms with Crippen molar-refractivity contribution < 1.29 is 4.74 Å². The average Bonchev–Trinajstić information content (AvgIpc) is 2.72. The Kier molecular flexibility index (Phi) is 7.19. The fourth-order valence-corrected chi connectivity index (χ4v) is 3.27. The van der Waals surface area contributed by atoms with Gasteiger partial charge in [-0.2, -0.15) is 0 Å². The first kappa shape index (κ1) is 20.8. The summed E-state index contributed by atoms with van der Waals surface area (Å²) < 4.78 is 5.48. The zero-order valence-corrected chi connectivity index (χ0v) is 17.6. The lowest BCUT2D eigenvalue weighted by Crippen LogP contribution is -2.36. The number of anilines is 1. The molecule has 7 heteroatoms. The Morgan fingerprint density at radius 1 is 1.17 bits per heavy atom. The van der Waals surface area contributed by atoms with E-state index in [0.29, 0.717) is 35.0 Å².